The molecule has 3 heteroatoms. The summed E-state index contributed by atoms with van der Waals surface area (Å²) in [6, 6.07) is 0. The largest absolute Gasteiger partial charge is 0.343 e. The van der Waals surface area contributed by atoms with E-state index in [2.05, 4.69) is 20.8 Å². The van der Waals surface area contributed by atoms with E-state index in [1.165, 1.54) is 51.4 Å². The molecule has 132 valence electrons. The molecule has 0 radical (unpaired) electrons. The van der Waals surface area contributed by atoms with Crippen LogP contribution in [0.3, 0.4) is 0 Å². The van der Waals surface area contributed by atoms with Gasteiger partial charge in [-0.25, -0.2) is 0 Å². The summed E-state index contributed by atoms with van der Waals surface area (Å²) in [5.41, 5.74) is 5.63. The second kappa shape index (κ2) is 15.3. The Bertz CT molecular complexity index is 252. The van der Waals surface area contributed by atoms with Crippen molar-refractivity contribution in [3.05, 3.63) is 0 Å². The molecule has 0 fully saturated rings. The number of rotatable bonds is 15. The molecule has 0 saturated carbocycles. The van der Waals surface area contributed by atoms with Crippen molar-refractivity contribution in [1.29, 1.82) is 0 Å². The zero-order valence-electron chi connectivity index (χ0n) is 15.4. The van der Waals surface area contributed by atoms with Gasteiger partial charge in [-0.2, -0.15) is 0 Å². The van der Waals surface area contributed by atoms with Gasteiger partial charge < -0.3 is 10.6 Å². The van der Waals surface area contributed by atoms with Crippen molar-refractivity contribution < 1.29 is 4.79 Å². The molecule has 0 aromatic carbocycles. The molecular formula is C19H40N2O. The number of carbonyl (C=O) groups is 1. The number of carbonyl (C=O) groups excluding carboxylic acids is 1. The average molecular weight is 313 g/mol. The fraction of sp³-hybridized carbons (Fsp3) is 0.947. The summed E-state index contributed by atoms with van der Waals surface area (Å²) >= 11 is 0. The number of nitrogens with two attached hydrogens (primary N) is 1. The Labute approximate surface area is 139 Å². The first-order valence-electron chi connectivity index (χ1n) is 9.69. The fourth-order valence-electron chi connectivity index (χ4n) is 3.07. The monoisotopic (exact) mass is 312 g/mol. The lowest BCUT2D eigenvalue weighted by atomic mass is 9.94. The lowest BCUT2D eigenvalue weighted by Crippen LogP contribution is -2.36. The zero-order valence-corrected chi connectivity index (χ0v) is 15.4. The summed E-state index contributed by atoms with van der Waals surface area (Å²) in [5.74, 6) is 0.546. The van der Waals surface area contributed by atoms with E-state index in [9.17, 15) is 4.79 Å². The highest BCUT2D eigenvalue weighted by atomic mass is 16.2. The summed E-state index contributed by atoms with van der Waals surface area (Å²) < 4.78 is 0. The number of unbranched alkanes of at least 4 members (excludes halogenated alkanes) is 7. The molecule has 1 amide bonds. The lowest BCUT2D eigenvalue weighted by Gasteiger charge is -2.25. The topological polar surface area (TPSA) is 46.3 Å². The smallest absolute Gasteiger partial charge is 0.225 e. The molecule has 0 aliphatic heterocycles. The van der Waals surface area contributed by atoms with Crippen molar-refractivity contribution in [2.24, 2.45) is 11.7 Å². The minimum absolute atomic E-state index is 0.198. The van der Waals surface area contributed by atoms with Gasteiger partial charge >= 0.3 is 0 Å². The molecule has 0 aromatic heterocycles. The van der Waals surface area contributed by atoms with E-state index in [0.717, 1.165) is 32.4 Å². The molecule has 0 aliphatic carbocycles. The third kappa shape index (κ3) is 10.2. The standard InChI is InChI=1S/C19H40N2O/c1-4-7-8-9-10-11-12-13-15-18(16-14-17-20)19(22)21(5-2)6-3/h18H,4-17,20H2,1-3H3. The van der Waals surface area contributed by atoms with Crippen LogP contribution in [0.4, 0.5) is 0 Å². The van der Waals surface area contributed by atoms with Gasteiger partial charge in [-0.05, 0) is 39.7 Å². The van der Waals surface area contributed by atoms with Crippen LogP contribution in [0.1, 0.15) is 91.4 Å². The van der Waals surface area contributed by atoms with Crippen LogP contribution < -0.4 is 5.73 Å². The Hall–Kier alpha value is -0.570. The second-order valence-corrected chi connectivity index (χ2v) is 6.40. The maximum Gasteiger partial charge on any atom is 0.225 e. The first-order valence-corrected chi connectivity index (χ1v) is 9.69. The molecule has 0 spiro atoms. The average Bonchev–Trinajstić information content (AvgIpc) is 2.53. The van der Waals surface area contributed by atoms with E-state index < -0.39 is 0 Å². The van der Waals surface area contributed by atoms with Crippen LogP contribution in [0.2, 0.25) is 0 Å². The van der Waals surface area contributed by atoms with Gasteiger partial charge in [0, 0.05) is 19.0 Å². The minimum Gasteiger partial charge on any atom is -0.343 e. The fourth-order valence-corrected chi connectivity index (χ4v) is 3.07. The van der Waals surface area contributed by atoms with Crippen LogP contribution >= 0.6 is 0 Å². The van der Waals surface area contributed by atoms with E-state index in [1.807, 2.05) is 4.90 Å². The van der Waals surface area contributed by atoms with Crippen LogP contribution in [0.15, 0.2) is 0 Å². The number of hydrogen-bond acceptors (Lipinski definition) is 2. The normalized spacial score (nSPS) is 12.4. The Morgan fingerprint density at radius 2 is 1.32 bits per heavy atom. The molecule has 1 atom stereocenters. The molecule has 22 heavy (non-hydrogen) atoms. The highest BCUT2D eigenvalue weighted by molar-refractivity contribution is 5.78. The second-order valence-electron chi connectivity index (χ2n) is 6.40. The van der Waals surface area contributed by atoms with Gasteiger partial charge in [-0.1, -0.05) is 58.3 Å². The summed E-state index contributed by atoms with van der Waals surface area (Å²) in [5, 5.41) is 0. The van der Waals surface area contributed by atoms with Gasteiger partial charge in [-0.15, -0.1) is 0 Å². The molecule has 3 nitrogen and oxygen atoms in total. The maximum atomic E-state index is 12.5. The lowest BCUT2D eigenvalue weighted by molar-refractivity contribution is -0.135. The predicted molar refractivity (Wildman–Crippen MR) is 96.9 cm³/mol. The predicted octanol–water partition coefficient (Wildman–Crippen LogP) is 4.74. The molecule has 0 bridgehead atoms. The molecule has 0 heterocycles. The van der Waals surface area contributed by atoms with Gasteiger partial charge in [0.2, 0.25) is 5.91 Å². The van der Waals surface area contributed by atoms with E-state index in [4.69, 9.17) is 5.73 Å². The van der Waals surface area contributed by atoms with E-state index in [0.29, 0.717) is 12.5 Å². The van der Waals surface area contributed by atoms with E-state index in [1.54, 1.807) is 0 Å². The number of nitrogens with zero attached hydrogens (tertiary/aromatic N) is 1. The maximum absolute atomic E-state index is 12.5. The first-order chi connectivity index (χ1) is 10.7. The summed E-state index contributed by atoms with van der Waals surface area (Å²) in [6.07, 6.45) is 13.6. The summed E-state index contributed by atoms with van der Waals surface area (Å²) in [6.45, 7) is 8.74. The van der Waals surface area contributed by atoms with Crippen LogP contribution in [0, 0.1) is 5.92 Å². The van der Waals surface area contributed by atoms with Crippen LogP contribution in [0.25, 0.3) is 0 Å². The molecule has 2 N–H and O–H groups in total. The molecule has 0 aromatic rings. The minimum atomic E-state index is 0.198. The molecule has 0 saturated heterocycles. The Morgan fingerprint density at radius 3 is 1.82 bits per heavy atom. The summed E-state index contributed by atoms with van der Waals surface area (Å²) in [4.78, 5) is 14.5. The Balaban J connectivity index is 3.96. The SMILES string of the molecule is CCCCCCCCCCC(CCCN)C(=O)N(CC)CC. The Morgan fingerprint density at radius 1 is 0.818 bits per heavy atom. The zero-order chi connectivity index (χ0) is 16.6. The third-order valence-corrected chi connectivity index (χ3v) is 4.59. The van der Waals surface area contributed by atoms with E-state index >= 15 is 0 Å². The van der Waals surface area contributed by atoms with Crippen LogP contribution in [-0.4, -0.2) is 30.4 Å². The molecule has 1 unspecified atom stereocenters. The van der Waals surface area contributed by atoms with Gasteiger partial charge in [-0.3, -0.25) is 4.79 Å². The highest BCUT2D eigenvalue weighted by Gasteiger charge is 2.21. The van der Waals surface area contributed by atoms with Crippen molar-refractivity contribution in [2.45, 2.75) is 91.4 Å². The summed E-state index contributed by atoms with van der Waals surface area (Å²) in [7, 11) is 0. The quantitative estimate of drug-likeness (QED) is 0.444. The first kappa shape index (κ1) is 21.4. The Kier molecular flexibility index (Phi) is 14.9. The van der Waals surface area contributed by atoms with Crippen LogP contribution in [0.5, 0.6) is 0 Å². The third-order valence-electron chi connectivity index (χ3n) is 4.59. The number of amides is 1. The van der Waals surface area contributed by atoms with Crippen molar-refractivity contribution in [3.8, 4) is 0 Å². The molecule has 0 rings (SSSR count). The van der Waals surface area contributed by atoms with E-state index in [-0.39, 0.29) is 5.92 Å². The highest BCUT2D eigenvalue weighted by Crippen LogP contribution is 2.19. The van der Waals surface area contributed by atoms with Gasteiger partial charge in [0.1, 0.15) is 0 Å². The van der Waals surface area contributed by atoms with Crippen molar-refractivity contribution in [3.63, 3.8) is 0 Å². The van der Waals surface area contributed by atoms with Crippen molar-refractivity contribution in [1.82, 2.24) is 4.90 Å². The van der Waals surface area contributed by atoms with Gasteiger partial charge in [0.05, 0.1) is 0 Å². The van der Waals surface area contributed by atoms with Crippen molar-refractivity contribution >= 4 is 5.91 Å². The van der Waals surface area contributed by atoms with Crippen molar-refractivity contribution in [2.75, 3.05) is 19.6 Å². The number of hydrogen-bond donors (Lipinski definition) is 1. The molecule has 0 aliphatic rings. The van der Waals surface area contributed by atoms with Gasteiger partial charge in [0.15, 0.2) is 0 Å². The molecular weight excluding hydrogens is 272 g/mol. The van der Waals surface area contributed by atoms with Crippen LogP contribution in [-0.2, 0) is 4.79 Å². The van der Waals surface area contributed by atoms with Gasteiger partial charge in [0.25, 0.3) is 0 Å².